The van der Waals surface area contributed by atoms with E-state index in [-0.39, 0.29) is 25.7 Å². The predicted molar refractivity (Wildman–Crippen MR) is 184 cm³/mol. The second-order valence-electron chi connectivity index (χ2n) is 12.6. The number of ether oxygens (including phenoxy) is 2. The summed E-state index contributed by atoms with van der Waals surface area (Å²) in [7, 11) is -2.04. The van der Waals surface area contributed by atoms with Crippen LogP contribution in [-0.4, -0.2) is 47.8 Å². The van der Waals surface area contributed by atoms with E-state index in [0.717, 1.165) is 49.8 Å². The molecular formula is C36H47N3O5Si. The van der Waals surface area contributed by atoms with E-state index in [4.69, 9.17) is 13.9 Å². The zero-order valence-corrected chi connectivity index (χ0v) is 27.5. The largest absolute Gasteiger partial charge is 0.493 e. The van der Waals surface area contributed by atoms with E-state index in [1.165, 1.54) is 0 Å². The molecule has 0 amide bonds. The average Bonchev–Trinajstić information content (AvgIpc) is 3.59. The van der Waals surface area contributed by atoms with Crippen LogP contribution in [0.3, 0.4) is 0 Å². The van der Waals surface area contributed by atoms with E-state index in [1.54, 1.807) is 6.92 Å². The minimum absolute atomic E-state index is 0. The van der Waals surface area contributed by atoms with E-state index in [9.17, 15) is 9.90 Å². The van der Waals surface area contributed by atoms with E-state index < -0.39 is 14.3 Å². The molecular weight excluding hydrogens is 582 g/mol. The number of hydrogen-bond acceptors (Lipinski definition) is 6. The van der Waals surface area contributed by atoms with Gasteiger partial charge >= 0.3 is 5.97 Å². The second kappa shape index (κ2) is 14.0. The normalized spacial score (nSPS) is 12.0. The van der Waals surface area contributed by atoms with Gasteiger partial charge in [-0.25, -0.2) is 4.79 Å². The number of esters is 1. The van der Waals surface area contributed by atoms with Gasteiger partial charge in [0.25, 0.3) is 0 Å². The third-order valence-corrected chi connectivity index (χ3v) is 13.2. The number of fused-ring (bicyclic) bond motifs is 2. The fraction of sp³-hybridized carbons (Fsp3) is 0.389. The Morgan fingerprint density at radius 1 is 1.00 bits per heavy atom. The van der Waals surface area contributed by atoms with Crippen molar-refractivity contribution in [2.45, 2.75) is 79.3 Å². The highest BCUT2D eigenvalue weighted by atomic mass is 28.4. The molecule has 0 saturated carbocycles. The lowest BCUT2D eigenvalue weighted by Gasteiger charge is -2.36. The Morgan fingerprint density at radius 2 is 1.71 bits per heavy atom. The third kappa shape index (κ3) is 7.00. The maximum atomic E-state index is 13.2. The van der Waals surface area contributed by atoms with Crippen LogP contribution in [0.15, 0.2) is 60.7 Å². The van der Waals surface area contributed by atoms with Crippen LogP contribution in [0.1, 0.15) is 69.0 Å². The van der Waals surface area contributed by atoms with E-state index in [0.29, 0.717) is 37.4 Å². The van der Waals surface area contributed by atoms with Gasteiger partial charge in [0.05, 0.1) is 43.3 Å². The summed E-state index contributed by atoms with van der Waals surface area (Å²) in [5.74, 6) is 0.453. The van der Waals surface area contributed by atoms with Crippen LogP contribution in [0.5, 0.6) is 5.75 Å². The van der Waals surface area contributed by atoms with Gasteiger partial charge in [-0.3, -0.25) is 5.10 Å². The molecule has 0 spiro atoms. The first-order valence-electron chi connectivity index (χ1n) is 15.3. The van der Waals surface area contributed by atoms with Crippen molar-refractivity contribution in [3.8, 4) is 16.9 Å². The number of benzene rings is 3. The summed E-state index contributed by atoms with van der Waals surface area (Å²) in [5.41, 5.74) is 5.08. The molecule has 240 valence electrons. The number of nitrogens with one attached hydrogen (secondary N) is 2. The number of aliphatic hydroxyl groups excluding tert-OH is 1. The van der Waals surface area contributed by atoms with E-state index >= 15 is 0 Å². The molecule has 0 unspecified atom stereocenters. The van der Waals surface area contributed by atoms with Gasteiger partial charge in [0.2, 0.25) is 0 Å². The number of carbonyl (C=O) groups is 1. The number of aliphatic hydroxyl groups is 1. The summed E-state index contributed by atoms with van der Waals surface area (Å²) < 4.78 is 18.2. The number of aryl methyl sites for hydroxylation is 1. The Balaban J connectivity index is 0.00000461. The number of para-hydroxylation sites is 1. The lowest BCUT2D eigenvalue weighted by molar-refractivity contribution is 0.0519. The van der Waals surface area contributed by atoms with Crippen molar-refractivity contribution in [3.63, 3.8) is 0 Å². The lowest BCUT2D eigenvalue weighted by Crippen LogP contribution is -2.40. The summed E-state index contributed by atoms with van der Waals surface area (Å²) >= 11 is 0. The molecule has 0 radical (unpaired) electrons. The van der Waals surface area contributed by atoms with Crippen molar-refractivity contribution in [2.75, 3.05) is 13.2 Å². The Bertz CT molecular complexity index is 1760. The van der Waals surface area contributed by atoms with Crippen molar-refractivity contribution in [1.29, 1.82) is 0 Å². The minimum atomic E-state index is -2.04. The molecule has 0 aliphatic carbocycles. The Morgan fingerprint density at radius 3 is 2.44 bits per heavy atom. The van der Waals surface area contributed by atoms with Crippen LogP contribution < -0.4 is 4.74 Å². The molecule has 5 aromatic rings. The lowest BCUT2D eigenvalue weighted by atomic mass is 9.98. The summed E-state index contributed by atoms with van der Waals surface area (Å²) in [5, 5.41) is 21.0. The molecule has 0 saturated heterocycles. The number of rotatable bonds is 12. The van der Waals surface area contributed by atoms with Gasteiger partial charge in [0.1, 0.15) is 11.4 Å². The fourth-order valence-electron chi connectivity index (χ4n) is 5.30. The van der Waals surface area contributed by atoms with Crippen molar-refractivity contribution >= 4 is 36.0 Å². The van der Waals surface area contributed by atoms with Gasteiger partial charge in [0.15, 0.2) is 8.32 Å². The molecule has 0 atom stereocenters. The van der Waals surface area contributed by atoms with Crippen LogP contribution >= 0.6 is 0 Å². The number of nitrogens with zero attached hydrogens (tertiary/aromatic N) is 1. The number of H-pyrrole nitrogens is 2. The highest BCUT2D eigenvalue weighted by Gasteiger charge is 2.37. The number of aromatic nitrogens is 3. The topological polar surface area (TPSA) is 109 Å². The van der Waals surface area contributed by atoms with Crippen molar-refractivity contribution in [2.24, 2.45) is 0 Å². The standard InChI is InChI=1S/C35H43N3O5Si.CH4/c1-7-41-34(40)33-26(18-12-20-42-30-19-10-14-23-13-8-9-15-24(23)30)25-16-11-17-27(32(25)36-33)31-28(21-39)37-38-29(31)22-43-44(5,6)35(2,3)4;/h8-11,13-17,19,36,39H,7,12,18,20-22H2,1-6H3,(H,37,38);1H4. The van der Waals surface area contributed by atoms with Gasteiger partial charge in [-0.1, -0.05) is 82.8 Å². The summed E-state index contributed by atoms with van der Waals surface area (Å²) in [6, 6.07) is 20.2. The van der Waals surface area contributed by atoms with E-state index in [1.807, 2.05) is 42.5 Å². The number of hydrogen-bond donors (Lipinski definition) is 3. The van der Waals surface area contributed by atoms with Gasteiger partial charge < -0.3 is 24.0 Å². The predicted octanol–water partition coefficient (Wildman–Crippen LogP) is 8.55. The third-order valence-electron chi connectivity index (χ3n) is 8.72. The van der Waals surface area contributed by atoms with Gasteiger partial charge in [-0.2, -0.15) is 5.10 Å². The highest BCUT2D eigenvalue weighted by Crippen LogP contribution is 2.39. The number of aromatic amines is 2. The molecule has 5 rings (SSSR count). The molecule has 8 nitrogen and oxygen atoms in total. The molecule has 0 fully saturated rings. The smallest absolute Gasteiger partial charge is 0.355 e. The van der Waals surface area contributed by atoms with Crippen LogP contribution in [0.2, 0.25) is 18.1 Å². The van der Waals surface area contributed by atoms with Gasteiger partial charge in [-0.15, -0.1) is 0 Å². The molecule has 3 N–H and O–H groups in total. The monoisotopic (exact) mass is 629 g/mol. The highest BCUT2D eigenvalue weighted by molar-refractivity contribution is 6.74. The summed E-state index contributed by atoms with van der Waals surface area (Å²) in [6.07, 6.45) is 1.31. The summed E-state index contributed by atoms with van der Waals surface area (Å²) in [4.78, 5) is 16.6. The first-order valence-corrected chi connectivity index (χ1v) is 18.2. The molecule has 0 bridgehead atoms. The molecule has 3 aromatic carbocycles. The van der Waals surface area contributed by atoms with Crippen molar-refractivity contribution < 1.29 is 23.8 Å². The van der Waals surface area contributed by atoms with Crippen molar-refractivity contribution in [3.05, 3.63) is 83.3 Å². The van der Waals surface area contributed by atoms with Crippen LogP contribution in [0, 0.1) is 0 Å². The molecule has 0 aliphatic rings. The fourth-order valence-corrected chi connectivity index (χ4v) is 6.24. The van der Waals surface area contributed by atoms with Crippen molar-refractivity contribution in [1.82, 2.24) is 15.2 Å². The first-order chi connectivity index (χ1) is 21.1. The zero-order valence-electron chi connectivity index (χ0n) is 26.5. The van der Waals surface area contributed by atoms with Crippen LogP contribution in [0.4, 0.5) is 0 Å². The van der Waals surface area contributed by atoms with Gasteiger partial charge in [0, 0.05) is 21.9 Å². The zero-order chi connectivity index (χ0) is 31.5. The maximum absolute atomic E-state index is 13.2. The van der Waals surface area contributed by atoms with Crippen LogP contribution in [0.25, 0.3) is 32.8 Å². The average molecular weight is 630 g/mol. The first kappa shape index (κ1) is 34.0. The van der Waals surface area contributed by atoms with E-state index in [2.05, 4.69) is 67.2 Å². The minimum Gasteiger partial charge on any atom is -0.493 e. The van der Waals surface area contributed by atoms with Crippen LogP contribution in [-0.2, 0) is 28.8 Å². The Hall–Kier alpha value is -3.92. The maximum Gasteiger partial charge on any atom is 0.355 e. The molecule has 9 heteroatoms. The SMILES string of the molecule is C.CCOC(=O)c1[nH]c2c(-c3c(CO)n[nH]c3CO[Si](C)(C)C(C)(C)C)cccc2c1CCCOc1cccc2ccccc12. The molecule has 2 heterocycles. The Labute approximate surface area is 267 Å². The second-order valence-corrected chi connectivity index (χ2v) is 17.4. The molecule has 45 heavy (non-hydrogen) atoms. The summed E-state index contributed by atoms with van der Waals surface area (Å²) in [6.45, 7) is 13.7. The Kier molecular flexibility index (Phi) is 10.6. The molecule has 0 aliphatic heterocycles. The molecule has 2 aromatic heterocycles. The number of carbonyl (C=O) groups excluding carboxylic acids is 1. The quantitative estimate of drug-likeness (QED) is 0.0725. The van der Waals surface area contributed by atoms with Gasteiger partial charge in [-0.05, 0) is 54.9 Å².